The maximum absolute atomic E-state index is 14.0. The summed E-state index contributed by atoms with van der Waals surface area (Å²) in [7, 11) is 1.72. The van der Waals surface area contributed by atoms with Crippen molar-refractivity contribution >= 4 is 5.78 Å². The van der Waals surface area contributed by atoms with Crippen molar-refractivity contribution in [2.45, 2.75) is 50.2 Å². The summed E-state index contributed by atoms with van der Waals surface area (Å²) in [6, 6.07) is 5.61. The van der Waals surface area contributed by atoms with Gasteiger partial charge in [0.25, 0.3) is 0 Å². The molecule has 3 aliphatic heterocycles. The number of benzene rings is 1. The Hall–Kier alpha value is -3.86. The number of hydrogen-bond donors (Lipinski definition) is 0. The molecule has 1 aromatic carbocycles. The van der Waals surface area contributed by atoms with Crippen LogP contribution in [0.15, 0.2) is 36.7 Å². The van der Waals surface area contributed by atoms with Crippen molar-refractivity contribution in [3.63, 3.8) is 0 Å². The van der Waals surface area contributed by atoms with Crippen molar-refractivity contribution in [1.29, 1.82) is 0 Å². The fourth-order valence-corrected chi connectivity index (χ4v) is 6.66. The zero-order chi connectivity index (χ0) is 25.6. The van der Waals surface area contributed by atoms with E-state index in [2.05, 4.69) is 20.1 Å². The Morgan fingerprint density at radius 3 is 2.54 bits per heavy atom. The molecule has 0 aliphatic carbocycles. The summed E-state index contributed by atoms with van der Waals surface area (Å²) in [6.07, 6.45) is 5.84. The number of carbonyl (C=O) groups is 1. The molecular weight excluding hydrogens is 483 g/mol. The summed E-state index contributed by atoms with van der Waals surface area (Å²) in [6.45, 7) is 1.84. The molecule has 0 bridgehead atoms. The highest BCUT2D eigenvalue weighted by Gasteiger charge is 2.65. The lowest BCUT2D eigenvalue weighted by molar-refractivity contribution is -0.0555. The average Bonchev–Trinajstić information content (AvgIpc) is 3.56. The maximum Gasteiger partial charge on any atom is 0.201 e. The second-order valence-electron chi connectivity index (χ2n) is 10.1. The molecule has 2 fully saturated rings. The summed E-state index contributed by atoms with van der Waals surface area (Å²) in [4.78, 5) is 22.2. The Bertz CT molecular complexity index is 1570. The number of Topliss-reactive ketones (excluding diaryl/α,β-unsaturated/α-hetero) is 1. The van der Waals surface area contributed by atoms with Crippen molar-refractivity contribution in [2.24, 2.45) is 7.05 Å². The second kappa shape index (κ2) is 7.58. The molecule has 37 heavy (non-hydrogen) atoms. The molecule has 3 aliphatic rings. The lowest BCUT2D eigenvalue weighted by Gasteiger charge is -2.57. The van der Waals surface area contributed by atoms with Crippen LogP contribution in [0.1, 0.15) is 52.7 Å². The highest BCUT2D eigenvalue weighted by Crippen LogP contribution is 2.60. The van der Waals surface area contributed by atoms with Gasteiger partial charge in [-0.2, -0.15) is 20.1 Å². The van der Waals surface area contributed by atoms with Crippen LogP contribution in [-0.4, -0.2) is 52.0 Å². The summed E-state index contributed by atoms with van der Waals surface area (Å²) < 4.78 is 43.3. The van der Waals surface area contributed by atoms with Gasteiger partial charge in [0.2, 0.25) is 5.78 Å². The Kier molecular flexibility index (Phi) is 4.58. The van der Waals surface area contributed by atoms with Gasteiger partial charge in [-0.3, -0.25) is 14.4 Å². The molecule has 0 spiro atoms. The van der Waals surface area contributed by atoms with Gasteiger partial charge in [-0.15, -0.1) is 0 Å². The summed E-state index contributed by atoms with van der Waals surface area (Å²) in [5.41, 5.74) is 3.66. The quantitative estimate of drug-likeness (QED) is 0.309. The van der Waals surface area contributed by atoms with E-state index in [1.54, 1.807) is 30.2 Å². The summed E-state index contributed by atoms with van der Waals surface area (Å²) >= 11 is 0. The zero-order valence-corrected chi connectivity index (χ0v) is 20.1. The number of aryl methyl sites for hydroxylation is 2. The van der Waals surface area contributed by atoms with Crippen LogP contribution >= 0.6 is 0 Å². The highest BCUT2D eigenvalue weighted by molar-refractivity contribution is 6.03. The molecule has 11 heteroatoms. The van der Waals surface area contributed by atoms with Gasteiger partial charge in [0.15, 0.2) is 17.5 Å². The first kappa shape index (κ1) is 22.3. The monoisotopic (exact) mass is 505 g/mol. The number of pyridine rings is 1. The largest absolute Gasteiger partial charge is 0.290 e. The van der Waals surface area contributed by atoms with Crippen LogP contribution in [0.4, 0.5) is 13.2 Å². The van der Waals surface area contributed by atoms with Crippen LogP contribution < -0.4 is 0 Å². The van der Waals surface area contributed by atoms with Crippen LogP contribution in [0.5, 0.6) is 0 Å². The van der Waals surface area contributed by atoms with Crippen molar-refractivity contribution in [1.82, 2.24) is 34.7 Å². The normalized spacial score (nSPS) is 24.0. The molecule has 6 heterocycles. The summed E-state index contributed by atoms with van der Waals surface area (Å²) in [5, 5.41) is 13.0. The second-order valence-corrected chi connectivity index (χ2v) is 10.1. The molecule has 7 rings (SSSR count). The molecule has 2 saturated heterocycles. The van der Waals surface area contributed by atoms with Gasteiger partial charge in [-0.05, 0) is 56.9 Å². The highest BCUT2D eigenvalue weighted by atomic mass is 19.2. The molecule has 3 aromatic heterocycles. The minimum atomic E-state index is -1.49. The van der Waals surface area contributed by atoms with Crippen LogP contribution in [0.25, 0.3) is 16.9 Å². The van der Waals surface area contributed by atoms with E-state index in [4.69, 9.17) is 5.10 Å². The van der Waals surface area contributed by atoms with E-state index in [9.17, 15) is 18.0 Å². The Balaban J connectivity index is 1.25. The number of fused-ring (bicyclic) bond motifs is 2. The minimum absolute atomic E-state index is 0.0226. The number of halogens is 3. The molecule has 0 N–H and O–H groups in total. The van der Waals surface area contributed by atoms with E-state index in [1.165, 1.54) is 4.80 Å². The van der Waals surface area contributed by atoms with Crippen molar-refractivity contribution in [2.75, 3.05) is 0 Å². The van der Waals surface area contributed by atoms with Gasteiger partial charge in [0, 0.05) is 29.9 Å². The van der Waals surface area contributed by atoms with Crippen molar-refractivity contribution < 1.29 is 18.0 Å². The SMILES string of the molecule is Cc1cc(-n2nccn2)cc(C(=O)C23CC[C@H]4Cc5c(nn(C)c5-c5cc(F)c(F)c(F)c5)[C@@H](C2)N43)n1. The Morgan fingerprint density at radius 2 is 1.81 bits per heavy atom. The summed E-state index contributed by atoms with van der Waals surface area (Å²) in [5.74, 6) is -3.97. The number of ketones is 1. The third kappa shape index (κ3) is 3.03. The lowest BCUT2D eigenvalue weighted by Crippen LogP contribution is -2.66. The topological polar surface area (TPSA) is 81.7 Å². The fourth-order valence-electron chi connectivity index (χ4n) is 6.66. The molecule has 0 saturated carbocycles. The zero-order valence-electron chi connectivity index (χ0n) is 20.1. The molecule has 0 amide bonds. The molecule has 8 nitrogen and oxygen atoms in total. The van der Waals surface area contributed by atoms with E-state index in [0.29, 0.717) is 42.0 Å². The van der Waals surface area contributed by atoms with Gasteiger partial charge in [0.05, 0.1) is 41.0 Å². The van der Waals surface area contributed by atoms with Gasteiger partial charge in [0.1, 0.15) is 5.69 Å². The predicted octanol–water partition coefficient (Wildman–Crippen LogP) is 3.88. The average molecular weight is 506 g/mol. The number of aromatic nitrogens is 6. The third-order valence-electron chi connectivity index (χ3n) is 8.08. The lowest BCUT2D eigenvalue weighted by atomic mass is 9.71. The fraction of sp³-hybridized carbons (Fsp3) is 0.346. The van der Waals surface area contributed by atoms with Gasteiger partial charge >= 0.3 is 0 Å². The third-order valence-corrected chi connectivity index (χ3v) is 8.08. The molecular formula is C26H22F3N7O. The van der Waals surface area contributed by atoms with Crippen LogP contribution in [0.3, 0.4) is 0 Å². The number of hydrogen-bond acceptors (Lipinski definition) is 6. The number of rotatable bonds is 4. The molecule has 3 atom stereocenters. The Morgan fingerprint density at radius 1 is 1.08 bits per heavy atom. The van der Waals surface area contributed by atoms with E-state index in [1.807, 2.05) is 13.0 Å². The van der Waals surface area contributed by atoms with Crippen molar-refractivity contribution in [3.05, 3.63) is 76.8 Å². The molecule has 4 aromatic rings. The smallest absolute Gasteiger partial charge is 0.201 e. The van der Waals surface area contributed by atoms with Crippen LogP contribution in [0, 0.1) is 24.4 Å². The molecule has 188 valence electrons. The number of nitrogens with zero attached hydrogens (tertiary/aromatic N) is 7. The van der Waals surface area contributed by atoms with Crippen LogP contribution in [-0.2, 0) is 13.5 Å². The first-order valence-electron chi connectivity index (χ1n) is 12.2. The van der Waals surface area contributed by atoms with Gasteiger partial charge < -0.3 is 0 Å². The van der Waals surface area contributed by atoms with E-state index in [0.717, 1.165) is 29.8 Å². The van der Waals surface area contributed by atoms with Gasteiger partial charge in [-0.1, -0.05) is 0 Å². The van der Waals surface area contributed by atoms with E-state index >= 15 is 0 Å². The standard InChI is InChI=1S/C26H22F3N7O/c1-13-7-16(36-30-5-6-31-36)11-20(32-13)25(37)26-4-3-15-10-17-23(21(12-26)35(15)26)33-34(2)24(17)14-8-18(27)22(29)19(28)9-14/h5-9,11,15,21H,3-4,10,12H2,1-2H3/t15-,21+,26?/m0/s1. The molecule has 0 radical (unpaired) electrons. The predicted molar refractivity (Wildman–Crippen MR) is 125 cm³/mol. The maximum atomic E-state index is 14.0. The van der Waals surface area contributed by atoms with E-state index < -0.39 is 23.0 Å². The van der Waals surface area contributed by atoms with Gasteiger partial charge in [-0.25, -0.2) is 18.2 Å². The van der Waals surface area contributed by atoms with Crippen LogP contribution in [0.2, 0.25) is 0 Å². The first-order valence-corrected chi connectivity index (χ1v) is 12.2. The van der Waals surface area contributed by atoms with Crippen molar-refractivity contribution in [3.8, 4) is 16.9 Å². The minimum Gasteiger partial charge on any atom is -0.290 e. The molecule has 1 unspecified atom stereocenters. The number of carbonyl (C=O) groups excluding carboxylic acids is 1. The first-order chi connectivity index (χ1) is 17.8. The van der Waals surface area contributed by atoms with E-state index in [-0.39, 0.29) is 23.4 Å². The Labute approximate surface area is 209 Å².